The number of nitrogens with zero attached hydrogens (tertiary/aromatic N) is 5. The average molecular weight is 480 g/mol. The SMILES string of the molecule is C=CC(=O)Nc1cccc(-c2nccc3cnc(Nc4ccc(N5CCN(CC)CC5)cc4)nc23)c1. The molecule has 5 rings (SSSR count). The molecule has 182 valence electrons. The largest absolute Gasteiger partial charge is 0.369 e. The molecule has 2 aromatic heterocycles. The van der Waals surface area contributed by atoms with Gasteiger partial charge in [0.1, 0.15) is 5.52 Å². The zero-order valence-electron chi connectivity index (χ0n) is 20.3. The van der Waals surface area contributed by atoms with Crippen LogP contribution in [0.5, 0.6) is 0 Å². The van der Waals surface area contributed by atoms with E-state index in [0.717, 1.165) is 54.9 Å². The topological polar surface area (TPSA) is 86.3 Å². The molecular weight excluding hydrogens is 450 g/mol. The number of piperazine rings is 1. The Labute approximate surface area is 210 Å². The maximum absolute atomic E-state index is 11.7. The summed E-state index contributed by atoms with van der Waals surface area (Å²) in [7, 11) is 0. The smallest absolute Gasteiger partial charge is 0.247 e. The van der Waals surface area contributed by atoms with Gasteiger partial charge in [0.15, 0.2) is 0 Å². The predicted molar refractivity (Wildman–Crippen MR) is 146 cm³/mol. The van der Waals surface area contributed by atoms with Gasteiger partial charge in [-0.2, -0.15) is 0 Å². The van der Waals surface area contributed by atoms with Gasteiger partial charge in [-0.25, -0.2) is 9.97 Å². The van der Waals surface area contributed by atoms with Crippen molar-refractivity contribution < 1.29 is 4.79 Å². The maximum Gasteiger partial charge on any atom is 0.247 e. The summed E-state index contributed by atoms with van der Waals surface area (Å²) >= 11 is 0. The Bertz CT molecular complexity index is 1380. The minimum atomic E-state index is -0.263. The minimum Gasteiger partial charge on any atom is -0.369 e. The fourth-order valence-corrected chi connectivity index (χ4v) is 4.37. The van der Waals surface area contributed by atoms with Crippen LogP contribution in [0.3, 0.4) is 0 Å². The van der Waals surface area contributed by atoms with Crippen molar-refractivity contribution in [3.05, 3.63) is 79.6 Å². The van der Waals surface area contributed by atoms with E-state index < -0.39 is 0 Å². The molecule has 0 spiro atoms. The molecule has 0 radical (unpaired) electrons. The molecule has 8 heteroatoms. The van der Waals surface area contributed by atoms with E-state index >= 15 is 0 Å². The number of benzene rings is 2. The van der Waals surface area contributed by atoms with E-state index in [1.54, 1.807) is 12.4 Å². The van der Waals surface area contributed by atoms with E-state index in [2.05, 4.69) is 68.2 Å². The first-order valence-corrected chi connectivity index (χ1v) is 12.1. The first-order valence-electron chi connectivity index (χ1n) is 12.1. The van der Waals surface area contributed by atoms with Gasteiger partial charge in [0.05, 0.1) is 5.69 Å². The van der Waals surface area contributed by atoms with Crippen LogP contribution in [0.4, 0.5) is 23.0 Å². The number of nitrogens with one attached hydrogen (secondary N) is 2. The Morgan fingerprint density at radius 3 is 2.58 bits per heavy atom. The van der Waals surface area contributed by atoms with Crippen LogP contribution >= 0.6 is 0 Å². The highest BCUT2D eigenvalue weighted by Gasteiger charge is 2.16. The first kappa shape index (κ1) is 23.4. The highest BCUT2D eigenvalue weighted by Crippen LogP contribution is 2.28. The van der Waals surface area contributed by atoms with E-state index in [1.165, 1.54) is 11.8 Å². The number of amides is 1. The lowest BCUT2D eigenvalue weighted by molar-refractivity contribution is -0.111. The van der Waals surface area contributed by atoms with E-state index in [-0.39, 0.29) is 5.91 Å². The van der Waals surface area contributed by atoms with Crippen LogP contribution in [0.25, 0.3) is 22.2 Å². The molecule has 0 unspecified atom stereocenters. The molecule has 0 atom stereocenters. The number of anilines is 4. The van der Waals surface area contributed by atoms with Crippen LogP contribution in [-0.2, 0) is 4.79 Å². The fraction of sp³-hybridized carbons (Fsp3) is 0.214. The van der Waals surface area contributed by atoms with Crippen molar-refractivity contribution in [1.82, 2.24) is 19.9 Å². The summed E-state index contributed by atoms with van der Waals surface area (Å²) in [4.78, 5) is 30.5. The molecule has 2 N–H and O–H groups in total. The number of carbonyl (C=O) groups is 1. The molecule has 1 amide bonds. The van der Waals surface area contributed by atoms with Gasteiger partial charge < -0.3 is 20.4 Å². The predicted octanol–water partition coefficient (Wildman–Crippen LogP) is 4.70. The molecule has 8 nitrogen and oxygen atoms in total. The van der Waals surface area contributed by atoms with Crippen molar-refractivity contribution in [2.75, 3.05) is 48.3 Å². The standard InChI is InChI=1S/C28H29N7O/c1-3-25(36)31-23-7-5-6-20(18-23)26-27-21(12-13-29-26)19-30-28(33-27)32-22-8-10-24(11-9-22)35-16-14-34(4-2)15-17-35/h3,5-13,18-19H,1,4,14-17H2,2H3,(H,31,36)(H,30,32,33). The zero-order chi connectivity index (χ0) is 24.9. The van der Waals surface area contributed by atoms with Gasteiger partial charge in [-0.05, 0) is 55.1 Å². The third-order valence-corrected chi connectivity index (χ3v) is 6.40. The molecule has 1 aliphatic rings. The van der Waals surface area contributed by atoms with Gasteiger partial charge in [0.2, 0.25) is 11.9 Å². The van der Waals surface area contributed by atoms with Gasteiger partial charge >= 0.3 is 0 Å². The highest BCUT2D eigenvalue weighted by atomic mass is 16.1. The van der Waals surface area contributed by atoms with Crippen LogP contribution in [0, 0.1) is 0 Å². The van der Waals surface area contributed by atoms with Gasteiger partial charge in [-0.3, -0.25) is 9.78 Å². The molecule has 1 fully saturated rings. The first-order chi connectivity index (χ1) is 17.6. The molecule has 0 bridgehead atoms. The number of likely N-dealkylation sites (N-methyl/N-ethyl adjacent to an activating group) is 1. The fourth-order valence-electron chi connectivity index (χ4n) is 4.37. The van der Waals surface area contributed by atoms with Crippen LogP contribution in [0.15, 0.2) is 79.6 Å². The lowest BCUT2D eigenvalue weighted by Gasteiger charge is -2.35. The third kappa shape index (κ3) is 5.18. The number of hydrogen-bond donors (Lipinski definition) is 2. The molecule has 0 aliphatic carbocycles. The number of hydrogen-bond acceptors (Lipinski definition) is 7. The van der Waals surface area contributed by atoms with E-state index in [0.29, 0.717) is 17.3 Å². The Kier molecular flexibility index (Phi) is 6.86. The maximum atomic E-state index is 11.7. The average Bonchev–Trinajstić information content (AvgIpc) is 2.93. The van der Waals surface area contributed by atoms with Gasteiger partial charge in [0, 0.05) is 66.6 Å². The Balaban J connectivity index is 1.37. The van der Waals surface area contributed by atoms with Crippen molar-refractivity contribution in [3.63, 3.8) is 0 Å². The van der Waals surface area contributed by atoms with Gasteiger partial charge in [-0.15, -0.1) is 0 Å². The normalized spacial score (nSPS) is 14.0. The summed E-state index contributed by atoms with van der Waals surface area (Å²) < 4.78 is 0. The lowest BCUT2D eigenvalue weighted by Crippen LogP contribution is -2.46. The second-order valence-electron chi connectivity index (χ2n) is 8.66. The van der Waals surface area contributed by atoms with Gasteiger partial charge in [-0.1, -0.05) is 25.6 Å². The number of carbonyl (C=O) groups excluding carboxylic acids is 1. The Hall–Kier alpha value is -4.30. The van der Waals surface area contributed by atoms with Crippen LogP contribution in [-0.4, -0.2) is 58.5 Å². The summed E-state index contributed by atoms with van der Waals surface area (Å²) in [6.07, 6.45) is 4.77. The molecule has 1 aliphatic heterocycles. The quantitative estimate of drug-likeness (QED) is 0.372. The van der Waals surface area contributed by atoms with Crippen molar-refractivity contribution >= 4 is 39.8 Å². The third-order valence-electron chi connectivity index (χ3n) is 6.40. The number of pyridine rings is 1. The zero-order valence-corrected chi connectivity index (χ0v) is 20.3. The number of aromatic nitrogens is 3. The van der Waals surface area contributed by atoms with Crippen molar-refractivity contribution in [2.45, 2.75) is 6.92 Å². The Morgan fingerprint density at radius 2 is 1.83 bits per heavy atom. The number of fused-ring (bicyclic) bond motifs is 1. The highest BCUT2D eigenvalue weighted by molar-refractivity contribution is 5.99. The second kappa shape index (κ2) is 10.5. The van der Waals surface area contributed by atoms with Gasteiger partial charge in [0.25, 0.3) is 0 Å². The van der Waals surface area contributed by atoms with E-state index in [4.69, 9.17) is 4.98 Å². The molecular formula is C28H29N7O. The minimum absolute atomic E-state index is 0.263. The summed E-state index contributed by atoms with van der Waals surface area (Å²) in [5.74, 6) is 0.234. The lowest BCUT2D eigenvalue weighted by atomic mass is 10.1. The summed E-state index contributed by atoms with van der Waals surface area (Å²) in [6, 6.07) is 17.8. The summed E-state index contributed by atoms with van der Waals surface area (Å²) in [5, 5.41) is 6.99. The monoisotopic (exact) mass is 479 g/mol. The van der Waals surface area contributed by atoms with Crippen molar-refractivity contribution in [1.29, 1.82) is 0 Å². The van der Waals surface area contributed by atoms with E-state index in [9.17, 15) is 4.79 Å². The molecule has 4 aromatic rings. The molecule has 1 saturated heterocycles. The number of rotatable bonds is 7. The summed E-state index contributed by atoms with van der Waals surface area (Å²) in [6.45, 7) is 11.1. The molecule has 3 heterocycles. The van der Waals surface area contributed by atoms with E-state index in [1.807, 2.05) is 30.3 Å². The Morgan fingerprint density at radius 1 is 1.03 bits per heavy atom. The molecule has 36 heavy (non-hydrogen) atoms. The van der Waals surface area contributed by atoms with Crippen LogP contribution in [0.1, 0.15) is 6.92 Å². The molecule has 0 saturated carbocycles. The van der Waals surface area contributed by atoms with Crippen LogP contribution < -0.4 is 15.5 Å². The second-order valence-corrected chi connectivity index (χ2v) is 8.66. The van der Waals surface area contributed by atoms with Crippen molar-refractivity contribution in [3.8, 4) is 11.3 Å². The van der Waals surface area contributed by atoms with Crippen molar-refractivity contribution in [2.24, 2.45) is 0 Å². The van der Waals surface area contributed by atoms with Crippen LogP contribution in [0.2, 0.25) is 0 Å². The molecule has 2 aromatic carbocycles. The summed E-state index contributed by atoms with van der Waals surface area (Å²) in [5.41, 5.74) is 5.11.